The van der Waals surface area contributed by atoms with E-state index in [4.69, 9.17) is 14.2 Å². The van der Waals surface area contributed by atoms with Crippen molar-refractivity contribution in [2.45, 2.75) is 13.8 Å². The van der Waals surface area contributed by atoms with Crippen molar-refractivity contribution >= 4 is 22.6 Å². The van der Waals surface area contributed by atoms with E-state index in [9.17, 15) is 14.3 Å². The Morgan fingerprint density at radius 2 is 1.70 bits per heavy atom. The highest BCUT2D eigenvalue weighted by Gasteiger charge is 2.23. The van der Waals surface area contributed by atoms with E-state index in [0.29, 0.717) is 56.9 Å². The topological polar surface area (TPSA) is 129 Å². The largest absolute Gasteiger partial charge is 0.506 e. The summed E-state index contributed by atoms with van der Waals surface area (Å²) in [7, 11) is 3.01. The van der Waals surface area contributed by atoms with Gasteiger partial charge >= 0.3 is 0 Å². The zero-order valence-electron chi connectivity index (χ0n) is 22.0. The van der Waals surface area contributed by atoms with Crippen molar-refractivity contribution in [1.82, 2.24) is 19.9 Å². The molecule has 4 aromatic heterocycles. The third-order valence-electron chi connectivity index (χ3n) is 6.10. The number of rotatable bonds is 7. The van der Waals surface area contributed by atoms with Crippen LogP contribution in [0.4, 0.5) is 10.1 Å². The molecule has 0 aliphatic carbocycles. The summed E-state index contributed by atoms with van der Waals surface area (Å²) in [6.45, 7) is 3.31. The van der Waals surface area contributed by atoms with Crippen LogP contribution in [0, 0.1) is 19.7 Å². The quantitative estimate of drug-likeness (QED) is 0.270. The van der Waals surface area contributed by atoms with Crippen LogP contribution in [-0.2, 0) is 0 Å². The average Bonchev–Trinajstić information content (AvgIpc) is 2.94. The van der Waals surface area contributed by atoms with E-state index in [-0.39, 0.29) is 16.9 Å². The number of aromatic hydroxyl groups is 1. The van der Waals surface area contributed by atoms with Crippen LogP contribution in [0.15, 0.2) is 60.9 Å². The molecule has 0 fully saturated rings. The highest BCUT2D eigenvalue weighted by atomic mass is 19.1. The lowest BCUT2D eigenvalue weighted by Gasteiger charge is -2.15. The van der Waals surface area contributed by atoms with Gasteiger partial charge in [-0.25, -0.2) is 9.37 Å². The molecular weight excluding hydrogens is 517 g/mol. The van der Waals surface area contributed by atoms with E-state index < -0.39 is 11.7 Å². The molecule has 0 saturated carbocycles. The van der Waals surface area contributed by atoms with Crippen molar-refractivity contribution in [3.05, 3.63) is 83.7 Å². The fourth-order valence-corrected chi connectivity index (χ4v) is 4.25. The van der Waals surface area contributed by atoms with E-state index in [1.807, 2.05) is 0 Å². The van der Waals surface area contributed by atoms with Gasteiger partial charge in [-0.15, -0.1) is 0 Å². The second kappa shape index (κ2) is 10.8. The molecule has 0 bridgehead atoms. The van der Waals surface area contributed by atoms with E-state index in [1.54, 1.807) is 56.4 Å². The zero-order valence-corrected chi connectivity index (χ0v) is 22.0. The number of aryl methyl sites for hydroxylation is 2. The summed E-state index contributed by atoms with van der Waals surface area (Å²) in [6.07, 6.45) is 2.63. The Morgan fingerprint density at radius 1 is 0.925 bits per heavy atom. The number of hydrogen-bond donors (Lipinski definition) is 2. The van der Waals surface area contributed by atoms with Gasteiger partial charge in [0.1, 0.15) is 28.4 Å². The number of carbonyl (C=O) groups is 1. The van der Waals surface area contributed by atoms with Crippen molar-refractivity contribution in [1.29, 1.82) is 0 Å². The van der Waals surface area contributed by atoms with E-state index >= 15 is 0 Å². The Hall–Kier alpha value is -5.32. The van der Waals surface area contributed by atoms with Crippen LogP contribution < -0.4 is 19.5 Å². The number of ether oxygens (including phenoxy) is 3. The molecule has 0 saturated heterocycles. The molecule has 4 heterocycles. The first-order chi connectivity index (χ1) is 19.3. The molecule has 1 aromatic carbocycles. The van der Waals surface area contributed by atoms with E-state index in [0.717, 1.165) is 6.20 Å². The number of nitrogens with one attached hydrogen (secondary N) is 1. The van der Waals surface area contributed by atoms with Gasteiger partial charge in [-0.1, -0.05) is 0 Å². The standard InChI is InChI=1S/C29H24FN5O5/c1-15-24(20-10-5-17(30)14-32-20)27(36)25(16(2)33-15)28(37)34-18-6-8-19(9-7-18)40-22-11-12-31-21-13-23(38-3)29(39-4)35-26(21)22/h5-14H,1-4H3,(H,33,36)(H,34,37). The Labute approximate surface area is 228 Å². The molecule has 0 atom stereocenters. The van der Waals surface area contributed by atoms with E-state index in [2.05, 4.69) is 25.3 Å². The predicted octanol–water partition coefficient (Wildman–Crippen LogP) is 5.61. The molecule has 0 aliphatic rings. The summed E-state index contributed by atoms with van der Waals surface area (Å²) >= 11 is 0. The van der Waals surface area contributed by atoms with Gasteiger partial charge in [-0.2, -0.15) is 0 Å². The highest BCUT2D eigenvalue weighted by Crippen LogP contribution is 2.36. The fraction of sp³-hybridized carbons (Fsp3) is 0.138. The molecule has 11 heteroatoms. The summed E-state index contributed by atoms with van der Waals surface area (Å²) in [5.74, 6) is 0.327. The Morgan fingerprint density at radius 3 is 2.38 bits per heavy atom. The third kappa shape index (κ3) is 5.04. The van der Waals surface area contributed by atoms with Gasteiger partial charge in [-0.3, -0.25) is 19.7 Å². The number of amides is 1. The molecule has 2 N–H and O–H groups in total. The molecule has 5 rings (SSSR count). The summed E-state index contributed by atoms with van der Waals surface area (Å²) in [4.78, 5) is 30.4. The number of carbonyl (C=O) groups excluding carboxylic acids is 1. The lowest BCUT2D eigenvalue weighted by atomic mass is 10.0. The van der Waals surface area contributed by atoms with Crippen molar-refractivity contribution in [2.24, 2.45) is 0 Å². The second-order valence-corrected chi connectivity index (χ2v) is 8.70. The van der Waals surface area contributed by atoms with Crippen LogP contribution in [0.1, 0.15) is 21.7 Å². The van der Waals surface area contributed by atoms with Crippen LogP contribution in [0.3, 0.4) is 0 Å². The first-order valence-electron chi connectivity index (χ1n) is 12.1. The van der Waals surface area contributed by atoms with E-state index in [1.165, 1.54) is 26.4 Å². The number of nitrogens with zero attached hydrogens (tertiary/aromatic N) is 4. The number of hydrogen-bond acceptors (Lipinski definition) is 9. The molecule has 0 spiro atoms. The minimum absolute atomic E-state index is 0.00856. The zero-order chi connectivity index (χ0) is 28.4. The normalized spacial score (nSPS) is 10.8. The molecule has 0 aliphatic heterocycles. The predicted molar refractivity (Wildman–Crippen MR) is 146 cm³/mol. The maximum absolute atomic E-state index is 13.4. The Bertz CT molecular complexity index is 1730. The summed E-state index contributed by atoms with van der Waals surface area (Å²) in [6, 6.07) is 12.7. The number of pyridine rings is 4. The van der Waals surface area contributed by atoms with Crippen LogP contribution in [0.25, 0.3) is 22.3 Å². The maximum Gasteiger partial charge on any atom is 0.261 e. The molecule has 40 heavy (non-hydrogen) atoms. The van der Waals surface area contributed by atoms with Crippen molar-refractivity contribution in [3.63, 3.8) is 0 Å². The molecule has 1 amide bonds. The summed E-state index contributed by atoms with van der Waals surface area (Å²) in [5, 5.41) is 13.8. The molecular formula is C29H24FN5O5. The number of halogens is 1. The lowest BCUT2D eigenvalue weighted by Crippen LogP contribution is -2.15. The number of methoxy groups -OCH3 is 2. The summed E-state index contributed by atoms with van der Waals surface area (Å²) in [5.41, 5.74) is 2.86. The van der Waals surface area contributed by atoms with Crippen LogP contribution in [0.2, 0.25) is 0 Å². The van der Waals surface area contributed by atoms with Gasteiger partial charge in [0.05, 0.1) is 48.6 Å². The first-order valence-corrected chi connectivity index (χ1v) is 12.1. The van der Waals surface area contributed by atoms with Gasteiger partial charge in [0, 0.05) is 24.0 Å². The molecule has 0 unspecified atom stereocenters. The van der Waals surface area contributed by atoms with Crippen LogP contribution in [0.5, 0.6) is 28.9 Å². The lowest BCUT2D eigenvalue weighted by molar-refractivity contribution is 0.102. The number of aromatic nitrogens is 4. The van der Waals surface area contributed by atoms with Crippen molar-refractivity contribution in [2.75, 3.05) is 19.5 Å². The van der Waals surface area contributed by atoms with Crippen molar-refractivity contribution < 1.29 is 28.5 Å². The minimum atomic E-state index is -0.565. The third-order valence-corrected chi connectivity index (χ3v) is 6.10. The van der Waals surface area contributed by atoms with Gasteiger partial charge in [0.2, 0.25) is 0 Å². The van der Waals surface area contributed by atoms with Crippen LogP contribution in [-0.4, -0.2) is 45.2 Å². The van der Waals surface area contributed by atoms with Crippen LogP contribution >= 0.6 is 0 Å². The SMILES string of the molecule is COc1cc2nccc(Oc3ccc(NC(=O)c4c(C)nc(C)c(-c5ccc(F)cn5)c4O)cc3)c2nc1OC. The number of anilines is 1. The fourth-order valence-electron chi connectivity index (χ4n) is 4.25. The molecule has 10 nitrogen and oxygen atoms in total. The number of benzene rings is 1. The van der Waals surface area contributed by atoms with Gasteiger partial charge in [-0.05, 0) is 50.2 Å². The first kappa shape index (κ1) is 26.3. The monoisotopic (exact) mass is 541 g/mol. The Balaban J connectivity index is 1.38. The maximum atomic E-state index is 13.4. The highest BCUT2D eigenvalue weighted by molar-refractivity contribution is 6.08. The van der Waals surface area contributed by atoms with Crippen molar-refractivity contribution in [3.8, 4) is 40.1 Å². The molecule has 202 valence electrons. The molecule has 5 aromatic rings. The summed E-state index contributed by atoms with van der Waals surface area (Å²) < 4.78 is 30.0. The minimum Gasteiger partial charge on any atom is -0.506 e. The molecule has 0 radical (unpaired) electrons. The second-order valence-electron chi connectivity index (χ2n) is 8.70. The van der Waals surface area contributed by atoms with Gasteiger partial charge < -0.3 is 24.6 Å². The smallest absolute Gasteiger partial charge is 0.261 e. The Kier molecular flexibility index (Phi) is 7.11. The number of fused-ring (bicyclic) bond motifs is 1. The average molecular weight is 542 g/mol. The van der Waals surface area contributed by atoms with Gasteiger partial charge in [0.15, 0.2) is 11.5 Å². The van der Waals surface area contributed by atoms with Gasteiger partial charge in [0.25, 0.3) is 11.8 Å².